The van der Waals surface area contributed by atoms with Gasteiger partial charge in [0.05, 0.1) is 12.6 Å². The molecule has 126 valence electrons. The third kappa shape index (κ3) is 3.41. The van der Waals surface area contributed by atoms with Gasteiger partial charge in [0.15, 0.2) is 0 Å². The molecule has 1 amide bonds. The quantitative estimate of drug-likeness (QED) is 0.936. The number of nitrogens with one attached hydrogen (secondary N) is 1. The Bertz CT molecular complexity index is 709. The van der Waals surface area contributed by atoms with Gasteiger partial charge in [-0.2, -0.15) is 0 Å². The molecule has 1 saturated heterocycles. The van der Waals surface area contributed by atoms with Crippen LogP contribution in [0.25, 0.3) is 0 Å². The molecule has 0 bridgehead atoms. The summed E-state index contributed by atoms with van der Waals surface area (Å²) in [7, 11) is 1.56. The average molecular weight is 329 g/mol. The zero-order valence-electron chi connectivity index (χ0n) is 13.5. The van der Waals surface area contributed by atoms with E-state index in [4.69, 9.17) is 9.47 Å². The second kappa shape index (κ2) is 7.01. The van der Waals surface area contributed by atoms with Crippen molar-refractivity contribution < 1.29 is 18.7 Å². The molecule has 1 fully saturated rings. The highest BCUT2D eigenvalue weighted by molar-refractivity contribution is 5.95. The maximum absolute atomic E-state index is 13.3. The van der Waals surface area contributed by atoms with Crippen LogP contribution < -0.4 is 10.1 Å². The van der Waals surface area contributed by atoms with Gasteiger partial charge in [-0.05, 0) is 48.7 Å². The van der Waals surface area contributed by atoms with Crippen LogP contribution in [0.1, 0.15) is 28.8 Å². The SMILES string of the molecule is COc1cccc(C(=O)NC2(c3ccc(F)cc3)CCOCC2)c1. The van der Waals surface area contributed by atoms with E-state index in [1.807, 2.05) is 0 Å². The van der Waals surface area contributed by atoms with Crippen LogP contribution >= 0.6 is 0 Å². The van der Waals surface area contributed by atoms with Crippen LogP contribution in [0, 0.1) is 5.82 Å². The lowest BCUT2D eigenvalue weighted by molar-refractivity contribution is 0.0345. The van der Waals surface area contributed by atoms with Gasteiger partial charge in [0.25, 0.3) is 5.91 Å². The predicted octanol–water partition coefficient (Wildman–Crippen LogP) is 3.27. The third-order valence-electron chi connectivity index (χ3n) is 4.43. The summed E-state index contributed by atoms with van der Waals surface area (Å²) in [6.07, 6.45) is 1.29. The topological polar surface area (TPSA) is 47.6 Å². The number of amides is 1. The van der Waals surface area contributed by atoms with E-state index in [0.717, 1.165) is 5.56 Å². The summed E-state index contributed by atoms with van der Waals surface area (Å²) in [6, 6.07) is 13.3. The van der Waals surface area contributed by atoms with E-state index in [-0.39, 0.29) is 11.7 Å². The van der Waals surface area contributed by atoms with Crippen molar-refractivity contribution in [1.29, 1.82) is 0 Å². The van der Waals surface area contributed by atoms with Crippen molar-refractivity contribution in [2.45, 2.75) is 18.4 Å². The van der Waals surface area contributed by atoms with Crippen molar-refractivity contribution >= 4 is 5.91 Å². The Morgan fingerprint density at radius 3 is 2.54 bits per heavy atom. The molecular weight excluding hydrogens is 309 g/mol. The van der Waals surface area contributed by atoms with E-state index in [2.05, 4.69) is 5.32 Å². The number of methoxy groups -OCH3 is 1. The highest BCUT2D eigenvalue weighted by atomic mass is 19.1. The Hall–Kier alpha value is -2.40. The normalized spacial score (nSPS) is 16.4. The second-order valence-electron chi connectivity index (χ2n) is 5.89. The van der Waals surface area contributed by atoms with Crippen molar-refractivity contribution in [3.05, 3.63) is 65.5 Å². The molecule has 1 aliphatic rings. The summed E-state index contributed by atoms with van der Waals surface area (Å²) < 4.78 is 23.9. The fourth-order valence-electron chi connectivity index (χ4n) is 3.03. The van der Waals surface area contributed by atoms with E-state index in [9.17, 15) is 9.18 Å². The molecule has 2 aromatic carbocycles. The Labute approximate surface area is 140 Å². The molecular formula is C19H20FNO3. The van der Waals surface area contributed by atoms with Crippen LogP contribution in [0.3, 0.4) is 0 Å². The number of carbonyl (C=O) groups excluding carboxylic acids is 1. The first-order valence-corrected chi connectivity index (χ1v) is 7.93. The molecule has 4 nitrogen and oxygen atoms in total. The molecule has 0 aromatic heterocycles. The average Bonchev–Trinajstić information content (AvgIpc) is 2.63. The fraction of sp³-hybridized carbons (Fsp3) is 0.316. The van der Waals surface area contributed by atoms with Gasteiger partial charge in [0.2, 0.25) is 0 Å². The monoisotopic (exact) mass is 329 g/mol. The molecule has 1 N–H and O–H groups in total. The number of hydrogen-bond acceptors (Lipinski definition) is 3. The Balaban J connectivity index is 1.89. The summed E-state index contributed by atoms with van der Waals surface area (Å²) in [4.78, 5) is 12.7. The highest BCUT2D eigenvalue weighted by Crippen LogP contribution is 2.32. The summed E-state index contributed by atoms with van der Waals surface area (Å²) in [5, 5.41) is 3.14. The van der Waals surface area contributed by atoms with Crippen LogP contribution in [0.4, 0.5) is 4.39 Å². The lowest BCUT2D eigenvalue weighted by Gasteiger charge is -2.38. The molecule has 0 saturated carbocycles. The third-order valence-corrected chi connectivity index (χ3v) is 4.43. The molecule has 24 heavy (non-hydrogen) atoms. The predicted molar refractivity (Wildman–Crippen MR) is 88.6 cm³/mol. The first kappa shape index (κ1) is 16.5. The smallest absolute Gasteiger partial charge is 0.252 e. The zero-order valence-corrected chi connectivity index (χ0v) is 13.5. The van der Waals surface area contributed by atoms with Crippen LogP contribution in [-0.4, -0.2) is 26.2 Å². The van der Waals surface area contributed by atoms with Gasteiger partial charge >= 0.3 is 0 Å². The Morgan fingerprint density at radius 2 is 1.88 bits per heavy atom. The van der Waals surface area contributed by atoms with Gasteiger partial charge in [-0.3, -0.25) is 4.79 Å². The first-order chi connectivity index (χ1) is 11.6. The van der Waals surface area contributed by atoms with E-state index >= 15 is 0 Å². The molecule has 2 aromatic rings. The first-order valence-electron chi connectivity index (χ1n) is 7.93. The lowest BCUT2D eigenvalue weighted by atomic mass is 9.82. The maximum atomic E-state index is 13.3. The Morgan fingerprint density at radius 1 is 1.17 bits per heavy atom. The summed E-state index contributed by atoms with van der Waals surface area (Å²) >= 11 is 0. The molecule has 5 heteroatoms. The van der Waals surface area contributed by atoms with Gasteiger partial charge in [-0.25, -0.2) is 4.39 Å². The van der Waals surface area contributed by atoms with Gasteiger partial charge in [-0.1, -0.05) is 18.2 Å². The molecule has 0 atom stereocenters. The summed E-state index contributed by atoms with van der Waals surface area (Å²) in [6.45, 7) is 1.10. The van der Waals surface area contributed by atoms with Crippen molar-refractivity contribution in [1.82, 2.24) is 5.32 Å². The number of benzene rings is 2. The number of carbonyl (C=O) groups is 1. The molecule has 0 spiro atoms. The van der Waals surface area contributed by atoms with Gasteiger partial charge in [-0.15, -0.1) is 0 Å². The van der Waals surface area contributed by atoms with E-state index in [1.54, 1.807) is 43.5 Å². The number of ether oxygens (including phenoxy) is 2. The summed E-state index contributed by atoms with van der Waals surface area (Å²) in [5.74, 6) is 0.158. The van der Waals surface area contributed by atoms with E-state index in [0.29, 0.717) is 37.4 Å². The minimum absolute atomic E-state index is 0.180. The maximum Gasteiger partial charge on any atom is 0.252 e. The van der Waals surface area contributed by atoms with E-state index < -0.39 is 5.54 Å². The Kier molecular flexibility index (Phi) is 4.81. The van der Waals surface area contributed by atoms with Crippen LogP contribution in [0.5, 0.6) is 5.75 Å². The van der Waals surface area contributed by atoms with Crippen LogP contribution in [0.2, 0.25) is 0 Å². The van der Waals surface area contributed by atoms with Crippen LogP contribution in [0.15, 0.2) is 48.5 Å². The summed E-state index contributed by atoms with van der Waals surface area (Å²) in [5.41, 5.74) is 0.873. The second-order valence-corrected chi connectivity index (χ2v) is 5.89. The molecule has 0 unspecified atom stereocenters. The van der Waals surface area contributed by atoms with Crippen molar-refractivity contribution in [2.75, 3.05) is 20.3 Å². The molecule has 1 heterocycles. The standard InChI is InChI=1S/C19H20FNO3/c1-23-17-4-2-3-14(13-17)18(22)21-19(9-11-24-12-10-19)15-5-7-16(20)8-6-15/h2-8,13H,9-12H2,1H3,(H,21,22). The van der Waals surface area contributed by atoms with E-state index in [1.165, 1.54) is 12.1 Å². The number of rotatable bonds is 4. The zero-order chi connectivity index (χ0) is 17.0. The number of halogens is 1. The van der Waals surface area contributed by atoms with Gasteiger partial charge in [0, 0.05) is 18.8 Å². The minimum Gasteiger partial charge on any atom is -0.497 e. The van der Waals surface area contributed by atoms with Crippen molar-refractivity contribution in [3.8, 4) is 5.75 Å². The molecule has 1 aliphatic heterocycles. The lowest BCUT2D eigenvalue weighted by Crippen LogP contribution is -2.49. The largest absolute Gasteiger partial charge is 0.497 e. The minimum atomic E-state index is -0.549. The fourth-order valence-corrected chi connectivity index (χ4v) is 3.03. The number of hydrogen-bond donors (Lipinski definition) is 1. The van der Waals surface area contributed by atoms with Crippen molar-refractivity contribution in [3.63, 3.8) is 0 Å². The van der Waals surface area contributed by atoms with Gasteiger partial charge < -0.3 is 14.8 Å². The highest BCUT2D eigenvalue weighted by Gasteiger charge is 2.36. The van der Waals surface area contributed by atoms with Crippen LogP contribution in [-0.2, 0) is 10.3 Å². The molecule has 0 radical (unpaired) electrons. The molecule has 3 rings (SSSR count). The van der Waals surface area contributed by atoms with Gasteiger partial charge in [0.1, 0.15) is 11.6 Å². The molecule has 0 aliphatic carbocycles. The van der Waals surface area contributed by atoms with Crippen molar-refractivity contribution in [2.24, 2.45) is 0 Å².